The van der Waals surface area contributed by atoms with Crippen molar-refractivity contribution in [3.05, 3.63) is 80.2 Å². The van der Waals surface area contributed by atoms with E-state index in [9.17, 15) is 9.59 Å². The summed E-state index contributed by atoms with van der Waals surface area (Å²) in [6.45, 7) is 2.36. The molecule has 0 radical (unpaired) electrons. The monoisotopic (exact) mass is 450 g/mol. The van der Waals surface area contributed by atoms with Gasteiger partial charge in [-0.2, -0.15) is 0 Å². The molecule has 1 heterocycles. The van der Waals surface area contributed by atoms with Gasteiger partial charge in [0.05, 0.1) is 21.8 Å². The summed E-state index contributed by atoms with van der Waals surface area (Å²) in [4.78, 5) is 24.4. The van der Waals surface area contributed by atoms with Gasteiger partial charge in [-0.05, 0) is 36.6 Å². The lowest BCUT2D eigenvalue weighted by molar-refractivity contribution is -0.119. The van der Waals surface area contributed by atoms with Gasteiger partial charge in [0.1, 0.15) is 0 Å². The Kier molecular flexibility index (Phi) is 7.41. The molecular weight excluding hydrogens is 431 g/mol. The van der Waals surface area contributed by atoms with E-state index < -0.39 is 0 Å². The average molecular weight is 451 g/mol. The Labute approximate surface area is 182 Å². The highest BCUT2D eigenvalue weighted by atomic mass is 35.5. The molecule has 2 N–H and O–H groups in total. The molecule has 0 spiro atoms. The van der Waals surface area contributed by atoms with Gasteiger partial charge in [0.15, 0.2) is 5.16 Å². The Morgan fingerprint density at radius 1 is 1.21 bits per heavy atom. The Bertz CT molecular complexity index is 1040. The van der Waals surface area contributed by atoms with Crippen LogP contribution < -0.4 is 11.0 Å². The minimum atomic E-state index is -0.284. The van der Waals surface area contributed by atoms with Crippen molar-refractivity contribution >= 4 is 40.9 Å². The van der Waals surface area contributed by atoms with Gasteiger partial charge in [0.25, 0.3) is 0 Å². The van der Waals surface area contributed by atoms with Crippen molar-refractivity contribution in [2.75, 3.05) is 5.75 Å². The zero-order chi connectivity index (χ0) is 20.8. The quantitative estimate of drug-likeness (QED) is 0.506. The molecule has 1 aromatic heterocycles. The van der Waals surface area contributed by atoms with Crippen molar-refractivity contribution in [2.45, 2.75) is 31.1 Å². The van der Waals surface area contributed by atoms with Crippen LogP contribution in [0.2, 0.25) is 10.0 Å². The van der Waals surface area contributed by atoms with E-state index in [1.54, 1.807) is 16.7 Å². The first kappa shape index (κ1) is 21.5. The summed E-state index contributed by atoms with van der Waals surface area (Å²) in [6, 6.07) is 14.9. The SMILES string of the molecule is CC(NC(=O)CSc1n[nH]c(=O)n1CCc1ccccc1)c1ccc(Cl)c(Cl)c1. The van der Waals surface area contributed by atoms with Gasteiger partial charge in [-0.3, -0.25) is 9.36 Å². The molecule has 0 aliphatic heterocycles. The molecule has 9 heteroatoms. The maximum absolute atomic E-state index is 12.3. The fourth-order valence-corrected chi connectivity index (χ4v) is 3.86. The van der Waals surface area contributed by atoms with E-state index in [1.165, 1.54) is 11.8 Å². The molecule has 1 atom stereocenters. The third kappa shape index (κ3) is 5.88. The van der Waals surface area contributed by atoms with Gasteiger partial charge in [-0.15, -0.1) is 5.10 Å². The van der Waals surface area contributed by atoms with Crippen LogP contribution in [0, 0.1) is 0 Å². The predicted molar refractivity (Wildman–Crippen MR) is 117 cm³/mol. The molecule has 2 aromatic carbocycles. The Balaban J connectivity index is 1.56. The molecule has 0 saturated heterocycles. The number of benzene rings is 2. The first-order chi connectivity index (χ1) is 13.9. The number of aromatic amines is 1. The van der Waals surface area contributed by atoms with Crippen LogP contribution in [0.4, 0.5) is 0 Å². The molecule has 1 unspecified atom stereocenters. The normalized spacial score (nSPS) is 12.0. The number of carbonyl (C=O) groups is 1. The first-order valence-corrected chi connectivity index (χ1v) is 10.7. The Hall–Kier alpha value is -2.22. The molecule has 3 aromatic rings. The smallest absolute Gasteiger partial charge is 0.343 e. The summed E-state index contributed by atoms with van der Waals surface area (Å²) < 4.78 is 1.55. The number of H-pyrrole nitrogens is 1. The number of nitrogens with zero attached hydrogens (tertiary/aromatic N) is 2. The van der Waals surface area contributed by atoms with Gasteiger partial charge >= 0.3 is 5.69 Å². The number of amides is 1. The zero-order valence-electron chi connectivity index (χ0n) is 15.7. The highest BCUT2D eigenvalue weighted by Crippen LogP contribution is 2.25. The topological polar surface area (TPSA) is 79.8 Å². The van der Waals surface area contributed by atoms with E-state index in [0.717, 1.165) is 11.1 Å². The summed E-state index contributed by atoms with van der Waals surface area (Å²) in [5, 5.41) is 10.8. The van der Waals surface area contributed by atoms with Crippen LogP contribution >= 0.6 is 35.0 Å². The second kappa shape index (κ2) is 10.0. The minimum absolute atomic E-state index is 0.140. The van der Waals surface area contributed by atoms with Crippen molar-refractivity contribution in [2.24, 2.45) is 0 Å². The Morgan fingerprint density at radius 2 is 1.97 bits per heavy atom. The molecule has 0 bridgehead atoms. The van der Waals surface area contributed by atoms with Crippen molar-refractivity contribution < 1.29 is 4.79 Å². The van der Waals surface area contributed by atoms with Crippen molar-refractivity contribution in [1.29, 1.82) is 0 Å². The van der Waals surface area contributed by atoms with Crippen LogP contribution in [-0.4, -0.2) is 26.4 Å². The average Bonchev–Trinajstić information content (AvgIpc) is 3.07. The lowest BCUT2D eigenvalue weighted by Crippen LogP contribution is -2.28. The van der Waals surface area contributed by atoms with E-state index >= 15 is 0 Å². The standard InChI is InChI=1S/C20H20Cl2N4O2S/c1-13(15-7-8-16(21)17(22)11-15)23-18(27)12-29-20-25-24-19(28)26(20)10-9-14-5-3-2-4-6-14/h2-8,11,13H,9-10,12H2,1H3,(H,23,27)(H,24,28). The molecule has 1 amide bonds. The first-order valence-electron chi connectivity index (χ1n) is 9.00. The molecular formula is C20H20Cl2N4O2S. The molecule has 0 saturated carbocycles. The second-order valence-corrected chi connectivity index (χ2v) is 8.21. The van der Waals surface area contributed by atoms with E-state index in [1.807, 2.05) is 43.3 Å². The van der Waals surface area contributed by atoms with Crippen LogP contribution in [0.3, 0.4) is 0 Å². The number of rotatable bonds is 8. The number of thioether (sulfide) groups is 1. The summed E-state index contributed by atoms with van der Waals surface area (Å²) in [6.07, 6.45) is 0.703. The van der Waals surface area contributed by atoms with Crippen LogP contribution in [0.25, 0.3) is 0 Å². The van der Waals surface area contributed by atoms with E-state index in [4.69, 9.17) is 23.2 Å². The minimum Gasteiger partial charge on any atom is -0.349 e. The van der Waals surface area contributed by atoms with Crippen molar-refractivity contribution in [3.8, 4) is 0 Å². The lowest BCUT2D eigenvalue weighted by Gasteiger charge is -2.15. The molecule has 29 heavy (non-hydrogen) atoms. The number of carbonyl (C=O) groups excluding carboxylic acids is 1. The summed E-state index contributed by atoms with van der Waals surface area (Å²) in [5.74, 6) is -0.0278. The summed E-state index contributed by atoms with van der Waals surface area (Å²) in [5.41, 5.74) is 1.70. The van der Waals surface area contributed by atoms with Crippen LogP contribution in [0.1, 0.15) is 24.1 Å². The van der Waals surface area contributed by atoms with Gasteiger partial charge in [-0.1, -0.05) is 71.4 Å². The Morgan fingerprint density at radius 3 is 2.69 bits per heavy atom. The van der Waals surface area contributed by atoms with Crippen LogP contribution in [0.5, 0.6) is 0 Å². The number of hydrogen-bond donors (Lipinski definition) is 2. The van der Waals surface area contributed by atoms with E-state index in [2.05, 4.69) is 15.5 Å². The van der Waals surface area contributed by atoms with E-state index in [-0.39, 0.29) is 23.4 Å². The summed E-state index contributed by atoms with van der Waals surface area (Å²) >= 11 is 13.2. The van der Waals surface area contributed by atoms with Gasteiger partial charge in [0, 0.05) is 6.54 Å². The van der Waals surface area contributed by atoms with Gasteiger partial charge < -0.3 is 5.32 Å². The third-order valence-corrected chi connectivity index (χ3v) is 6.06. The van der Waals surface area contributed by atoms with Crippen molar-refractivity contribution in [3.63, 3.8) is 0 Å². The number of hydrogen-bond acceptors (Lipinski definition) is 4. The lowest BCUT2D eigenvalue weighted by atomic mass is 10.1. The van der Waals surface area contributed by atoms with Gasteiger partial charge in [-0.25, -0.2) is 9.89 Å². The third-order valence-electron chi connectivity index (χ3n) is 4.34. The predicted octanol–water partition coefficient (Wildman–Crippen LogP) is 4.09. The maximum Gasteiger partial charge on any atom is 0.343 e. The number of aromatic nitrogens is 3. The van der Waals surface area contributed by atoms with Crippen LogP contribution in [-0.2, 0) is 17.8 Å². The second-order valence-electron chi connectivity index (χ2n) is 6.45. The molecule has 6 nitrogen and oxygen atoms in total. The number of aryl methyl sites for hydroxylation is 1. The molecule has 152 valence electrons. The summed E-state index contributed by atoms with van der Waals surface area (Å²) in [7, 11) is 0. The van der Waals surface area contributed by atoms with Gasteiger partial charge in [0.2, 0.25) is 5.91 Å². The molecule has 0 aliphatic carbocycles. The van der Waals surface area contributed by atoms with Crippen molar-refractivity contribution in [1.82, 2.24) is 20.1 Å². The highest BCUT2D eigenvalue weighted by molar-refractivity contribution is 7.99. The number of nitrogens with one attached hydrogen (secondary N) is 2. The van der Waals surface area contributed by atoms with E-state index in [0.29, 0.717) is 28.2 Å². The highest BCUT2D eigenvalue weighted by Gasteiger charge is 2.14. The maximum atomic E-state index is 12.3. The molecule has 3 rings (SSSR count). The zero-order valence-corrected chi connectivity index (χ0v) is 18.0. The molecule has 0 aliphatic rings. The molecule has 0 fully saturated rings. The largest absolute Gasteiger partial charge is 0.349 e. The van der Waals surface area contributed by atoms with Crippen LogP contribution in [0.15, 0.2) is 58.5 Å². The fraction of sp³-hybridized carbons (Fsp3) is 0.250. The number of halogens is 2. The fourth-order valence-electron chi connectivity index (χ4n) is 2.77.